The molecule has 4 aromatic rings. The highest BCUT2D eigenvalue weighted by Crippen LogP contribution is 2.41. The maximum absolute atomic E-state index is 14.4. The predicted molar refractivity (Wildman–Crippen MR) is 168 cm³/mol. The number of aromatic nitrogens is 4. The Morgan fingerprint density at radius 2 is 1.85 bits per heavy atom. The van der Waals surface area contributed by atoms with Gasteiger partial charge in [-0.3, -0.25) is 9.69 Å². The number of nitrogens with zero attached hydrogens (tertiary/aromatic N) is 7. The summed E-state index contributed by atoms with van der Waals surface area (Å²) in [5, 5.41) is 33.1. The van der Waals surface area contributed by atoms with E-state index in [0.717, 1.165) is 6.07 Å². The van der Waals surface area contributed by atoms with E-state index in [2.05, 4.69) is 31.9 Å². The zero-order valence-corrected chi connectivity index (χ0v) is 26.2. The van der Waals surface area contributed by atoms with Crippen LogP contribution in [0, 0.1) is 22.7 Å². The summed E-state index contributed by atoms with van der Waals surface area (Å²) >= 11 is 0. The zero-order chi connectivity index (χ0) is 33.9. The van der Waals surface area contributed by atoms with E-state index in [1.165, 1.54) is 17.3 Å². The molecule has 14 heteroatoms. The van der Waals surface area contributed by atoms with Gasteiger partial charge in [-0.05, 0) is 78.6 Å². The van der Waals surface area contributed by atoms with Crippen LogP contribution in [0.2, 0.25) is 0 Å². The van der Waals surface area contributed by atoms with E-state index in [9.17, 15) is 23.2 Å². The second-order valence-electron chi connectivity index (χ2n) is 11.7. The van der Waals surface area contributed by atoms with Crippen molar-refractivity contribution < 1.29 is 22.7 Å². The molecule has 0 aliphatic carbocycles. The average Bonchev–Trinajstić information content (AvgIpc) is 3.62. The normalized spacial score (nSPS) is 13.0. The lowest BCUT2D eigenvalue weighted by Gasteiger charge is -2.23. The smallest absolute Gasteiger partial charge is 0.377 e. The number of ether oxygens (including phenoxy) is 1. The van der Waals surface area contributed by atoms with Crippen molar-refractivity contribution in [2.75, 3.05) is 30.4 Å². The molecule has 11 nitrogen and oxygen atoms in total. The molecule has 0 saturated heterocycles. The summed E-state index contributed by atoms with van der Waals surface area (Å²) in [5.41, 5.74) is 0.774. The van der Waals surface area contributed by atoms with Crippen LogP contribution >= 0.6 is 0 Å². The minimum Gasteiger partial charge on any atom is -0.377 e. The van der Waals surface area contributed by atoms with Gasteiger partial charge in [-0.1, -0.05) is 0 Å². The van der Waals surface area contributed by atoms with E-state index in [1.807, 2.05) is 19.9 Å². The Morgan fingerprint density at radius 3 is 2.51 bits per heavy atom. The molecule has 2 aromatic heterocycles. The summed E-state index contributed by atoms with van der Waals surface area (Å²) in [6, 6.07) is 15.1. The maximum atomic E-state index is 14.4. The Kier molecular flexibility index (Phi) is 9.28. The van der Waals surface area contributed by atoms with Crippen LogP contribution in [0.1, 0.15) is 52.9 Å². The summed E-state index contributed by atoms with van der Waals surface area (Å²) in [6.45, 7) is 4.06. The third kappa shape index (κ3) is 7.09. The molecule has 5 rings (SSSR count). The van der Waals surface area contributed by atoms with Crippen LogP contribution in [0.3, 0.4) is 0 Å². The maximum Gasteiger partial charge on any atom is 0.416 e. The third-order valence-corrected chi connectivity index (χ3v) is 7.88. The van der Waals surface area contributed by atoms with Crippen LogP contribution in [0.15, 0.2) is 48.8 Å². The molecule has 0 radical (unpaired) electrons. The second-order valence-corrected chi connectivity index (χ2v) is 11.7. The van der Waals surface area contributed by atoms with E-state index >= 15 is 0 Å². The molecule has 0 bridgehead atoms. The molecule has 2 aromatic carbocycles. The number of nitriles is 2. The number of alkyl halides is 3. The number of nitrogens with one attached hydrogen (secondary N) is 2. The van der Waals surface area contributed by atoms with Crippen molar-refractivity contribution in [2.24, 2.45) is 7.05 Å². The second kappa shape index (κ2) is 13.2. The Balaban J connectivity index is 1.59. The molecule has 0 atom stereocenters. The first-order valence-corrected chi connectivity index (χ1v) is 14.7. The standard InChI is InChI=1S/C33H32F3N9O2/c1-32(2,47-4)18-39-16-21-11-25-26(27(12-21)33(34,35)36)17-45(31(25)46)29-14-22(13-28(42-29)40-9-5-8-37)24-10-20(15-38)6-7-23(24)30-43-41-19-44(30)3/h6-7,10-14,19,39H,5,9,16-18H2,1-4H3,(H,40,42). The number of aryl methyl sites for hydroxylation is 1. The molecule has 0 saturated carbocycles. The Labute approximate surface area is 269 Å². The number of halogens is 3. The van der Waals surface area contributed by atoms with Gasteiger partial charge < -0.3 is 19.9 Å². The van der Waals surface area contributed by atoms with Crippen LogP contribution in [0.4, 0.5) is 24.8 Å². The molecule has 0 spiro atoms. The van der Waals surface area contributed by atoms with Crippen LogP contribution < -0.4 is 15.5 Å². The number of pyridine rings is 1. The lowest BCUT2D eigenvalue weighted by atomic mass is 9.97. The molecule has 2 N–H and O–H groups in total. The van der Waals surface area contributed by atoms with Crippen LogP contribution in [0.25, 0.3) is 22.5 Å². The first-order chi connectivity index (χ1) is 22.3. The van der Waals surface area contributed by atoms with Crippen LogP contribution in [0.5, 0.6) is 0 Å². The molecule has 0 unspecified atom stereocenters. The third-order valence-electron chi connectivity index (χ3n) is 7.88. The molecule has 3 heterocycles. The van der Waals surface area contributed by atoms with Crippen molar-refractivity contribution in [1.29, 1.82) is 10.5 Å². The van der Waals surface area contributed by atoms with Crippen molar-refractivity contribution in [1.82, 2.24) is 25.1 Å². The van der Waals surface area contributed by atoms with Gasteiger partial charge in [0.05, 0.1) is 41.8 Å². The van der Waals surface area contributed by atoms with Gasteiger partial charge in [0.2, 0.25) is 0 Å². The number of methoxy groups -OCH3 is 1. The SMILES string of the molecule is COC(C)(C)CNCc1cc2c(c(C(F)(F)F)c1)CN(c1cc(-c3cc(C#N)ccc3-c3nncn3C)cc(NCCC#N)n1)C2=O. The van der Waals surface area contributed by atoms with Gasteiger partial charge in [-0.2, -0.15) is 23.7 Å². The molecule has 1 amide bonds. The fourth-order valence-corrected chi connectivity index (χ4v) is 5.31. The molecule has 0 fully saturated rings. The van der Waals surface area contributed by atoms with Gasteiger partial charge in [-0.25, -0.2) is 4.98 Å². The molecule has 1 aliphatic heterocycles. The number of amides is 1. The average molecular weight is 644 g/mol. The fourth-order valence-electron chi connectivity index (χ4n) is 5.31. The van der Waals surface area contributed by atoms with E-state index in [0.29, 0.717) is 46.0 Å². The summed E-state index contributed by atoms with van der Waals surface area (Å²) in [4.78, 5) is 19.7. The number of carbonyl (C=O) groups is 1. The minimum absolute atomic E-state index is 0.0555. The zero-order valence-electron chi connectivity index (χ0n) is 26.2. The van der Waals surface area contributed by atoms with Gasteiger partial charge in [0.25, 0.3) is 5.91 Å². The number of hydrogen-bond acceptors (Lipinski definition) is 9. The van der Waals surface area contributed by atoms with Crippen molar-refractivity contribution >= 4 is 17.5 Å². The summed E-state index contributed by atoms with van der Waals surface area (Å²) in [7, 11) is 3.32. The van der Waals surface area contributed by atoms with E-state index in [4.69, 9.17) is 10.00 Å². The number of hydrogen-bond donors (Lipinski definition) is 2. The molecule has 242 valence electrons. The van der Waals surface area contributed by atoms with Crippen molar-refractivity contribution in [2.45, 2.75) is 45.1 Å². The first kappa shape index (κ1) is 33.1. The molecule has 47 heavy (non-hydrogen) atoms. The van der Waals surface area contributed by atoms with Gasteiger partial charge in [-0.15, -0.1) is 10.2 Å². The van der Waals surface area contributed by atoms with Crippen molar-refractivity contribution in [3.8, 4) is 34.7 Å². The lowest BCUT2D eigenvalue weighted by Crippen LogP contribution is -2.36. The molecular formula is C33H32F3N9O2. The van der Waals surface area contributed by atoms with Crippen LogP contribution in [-0.2, 0) is 31.1 Å². The van der Waals surface area contributed by atoms with Crippen LogP contribution in [-0.4, -0.2) is 51.5 Å². The van der Waals surface area contributed by atoms with Gasteiger partial charge in [0, 0.05) is 44.9 Å². The molecular weight excluding hydrogens is 611 g/mol. The van der Waals surface area contributed by atoms with Gasteiger partial charge in [0.15, 0.2) is 5.82 Å². The van der Waals surface area contributed by atoms with Crippen molar-refractivity contribution in [3.05, 3.63) is 76.6 Å². The van der Waals surface area contributed by atoms with E-state index in [-0.39, 0.29) is 43.0 Å². The number of anilines is 2. The Bertz CT molecular complexity index is 1900. The summed E-state index contributed by atoms with van der Waals surface area (Å²) < 4.78 is 50.3. The van der Waals surface area contributed by atoms with E-state index in [1.54, 1.807) is 49.1 Å². The van der Waals surface area contributed by atoms with E-state index < -0.39 is 23.2 Å². The molecule has 1 aliphatic rings. The highest BCUT2D eigenvalue weighted by atomic mass is 19.4. The topological polar surface area (TPSA) is 145 Å². The highest BCUT2D eigenvalue weighted by molar-refractivity contribution is 6.10. The predicted octanol–water partition coefficient (Wildman–Crippen LogP) is 5.44. The Morgan fingerprint density at radius 1 is 1.06 bits per heavy atom. The number of benzene rings is 2. The largest absolute Gasteiger partial charge is 0.416 e. The number of fused-ring (bicyclic) bond motifs is 1. The van der Waals surface area contributed by atoms with Gasteiger partial charge >= 0.3 is 6.18 Å². The summed E-state index contributed by atoms with van der Waals surface area (Å²) in [6.07, 6.45) is -3.01. The minimum atomic E-state index is -4.70. The van der Waals surface area contributed by atoms with Crippen molar-refractivity contribution in [3.63, 3.8) is 0 Å². The quantitative estimate of drug-likeness (QED) is 0.204. The highest BCUT2D eigenvalue weighted by Gasteiger charge is 2.41. The first-order valence-electron chi connectivity index (χ1n) is 14.7. The Hall–Kier alpha value is -5.31. The monoisotopic (exact) mass is 643 g/mol. The number of rotatable bonds is 11. The summed E-state index contributed by atoms with van der Waals surface area (Å²) in [5.74, 6) is 0.279. The van der Waals surface area contributed by atoms with Gasteiger partial charge in [0.1, 0.15) is 18.0 Å². The number of carbonyl (C=O) groups excluding carboxylic acids is 1. The fraction of sp³-hybridized carbons (Fsp3) is 0.333. The lowest BCUT2D eigenvalue weighted by molar-refractivity contribution is -0.138.